The number of hydrogen-bond donors (Lipinski definition) is 2. The van der Waals surface area contributed by atoms with Crippen LogP contribution < -0.4 is 15.8 Å². The summed E-state index contributed by atoms with van der Waals surface area (Å²) >= 11 is 0. The van der Waals surface area contributed by atoms with Crippen LogP contribution in [0.2, 0.25) is 0 Å². The fourth-order valence-corrected chi connectivity index (χ4v) is 3.00. The minimum absolute atomic E-state index is 0.314. The van der Waals surface area contributed by atoms with Gasteiger partial charge in [0.05, 0.1) is 0 Å². The summed E-state index contributed by atoms with van der Waals surface area (Å²) in [5.41, 5.74) is 9.71. The summed E-state index contributed by atoms with van der Waals surface area (Å²) in [4.78, 5) is 24.3. The molecule has 0 spiro atoms. The first-order chi connectivity index (χ1) is 11.9. The van der Waals surface area contributed by atoms with E-state index in [0.717, 1.165) is 22.4 Å². The van der Waals surface area contributed by atoms with E-state index >= 15 is 0 Å². The summed E-state index contributed by atoms with van der Waals surface area (Å²) in [6.45, 7) is 4.04. The van der Waals surface area contributed by atoms with Crippen LogP contribution >= 0.6 is 0 Å². The highest BCUT2D eigenvalue weighted by Gasteiger charge is 2.31. The predicted molar refractivity (Wildman–Crippen MR) is 95.3 cm³/mol. The Labute approximate surface area is 147 Å². The van der Waals surface area contributed by atoms with Gasteiger partial charge in [0, 0.05) is 12.8 Å². The number of aryl methyl sites for hydroxylation is 2. The number of nitrogens with one attached hydrogen (secondary N) is 1. The second kappa shape index (κ2) is 6.97. The molecule has 2 aromatic carbocycles. The van der Waals surface area contributed by atoms with E-state index in [1.807, 2.05) is 56.3 Å². The van der Waals surface area contributed by atoms with Crippen LogP contribution in [0.1, 0.15) is 22.3 Å². The highest BCUT2D eigenvalue weighted by atomic mass is 16.5. The van der Waals surface area contributed by atoms with Crippen LogP contribution in [0.4, 0.5) is 0 Å². The molecule has 3 N–H and O–H groups in total. The van der Waals surface area contributed by atoms with Crippen LogP contribution in [0.3, 0.4) is 0 Å². The average molecular weight is 338 g/mol. The summed E-state index contributed by atoms with van der Waals surface area (Å²) in [5, 5.41) is 2.73. The van der Waals surface area contributed by atoms with Gasteiger partial charge in [-0.2, -0.15) is 0 Å². The molecule has 2 atom stereocenters. The van der Waals surface area contributed by atoms with Crippen molar-refractivity contribution in [3.05, 3.63) is 64.7 Å². The Kier molecular flexibility index (Phi) is 4.74. The first-order valence-corrected chi connectivity index (χ1v) is 8.34. The van der Waals surface area contributed by atoms with Crippen molar-refractivity contribution >= 4 is 11.8 Å². The van der Waals surface area contributed by atoms with Crippen LogP contribution in [0.15, 0.2) is 42.5 Å². The molecule has 2 amide bonds. The molecule has 0 saturated carbocycles. The molecule has 5 nitrogen and oxygen atoms in total. The topological polar surface area (TPSA) is 81.4 Å². The number of carbonyl (C=O) groups is 2. The molecule has 130 valence electrons. The van der Waals surface area contributed by atoms with E-state index in [-0.39, 0.29) is 5.91 Å². The lowest BCUT2D eigenvalue weighted by Crippen LogP contribution is -2.50. The van der Waals surface area contributed by atoms with Crippen molar-refractivity contribution in [2.45, 2.75) is 38.8 Å². The molecule has 2 aromatic rings. The van der Waals surface area contributed by atoms with Gasteiger partial charge in [0.25, 0.3) is 5.91 Å². The number of nitrogens with two attached hydrogens (primary N) is 1. The van der Waals surface area contributed by atoms with Gasteiger partial charge in [-0.05, 0) is 42.2 Å². The summed E-state index contributed by atoms with van der Waals surface area (Å²) in [5.74, 6) is -0.132. The summed E-state index contributed by atoms with van der Waals surface area (Å²) < 4.78 is 5.77. The van der Waals surface area contributed by atoms with Gasteiger partial charge in [0.1, 0.15) is 11.8 Å². The molecule has 1 heterocycles. The van der Waals surface area contributed by atoms with Gasteiger partial charge in [0.2, 0.25) is 5.91 Å². The van der Waals surface area contributed by atoms with Gasteiger partial charge in [-0.1, -0.05) is 36.4 Å². The zero-order valence-electron chi connectivity index (χ0n) is 14.4. The van der Waals surface area contributed by atoms with E-state index in [4.69, 9.17) is 10.5 Å². The van der Waals surface area contributed by atoms with E-state index in [1.54, 1.807) is 0 Å². The van der Waals surface area contributed by atoms with Crippen LogP contribution in [-0.4, -0.2) is 24.0 Å². The van der Waals surface area contributed by atoms with Gasteiger partial charge in [-0.3, -0.25) is 9.59 Å². The van der Waals surface area contributed by atoms with E-state index in [1.165, 1.54) is 5.56 Å². The van der Waals surface area contributed by atoms with Crippen molar-refractivity contribution in [2.24, 2.45) is 5.73 Å². The van der Waals surface area contributed by atoms with Crippen molar-refractivity contribution in [3.63, 3.8) is 0 Å². The molecular weight excluding hydrogens is 316 g/mol. The molecule has 0 bridgehead atoms. The van der Waals surface area contributed by atoms with Crippen LogP contribution in [-0.2, 0) is 22.4 Å². The van der Waals surface area contributed by atoms with Gasteiger partial charge < -0.3 is 15.8 Å². The first-order valence-electron chi connectivity index (χ1n) is 8.34. The van der Waals surface area contributed by atoms with E-state index in [2.05, 4.69) is 5.32 Å². The molecule has 0 aromatic heterocycles. The van der Waals surface area contributed by atoms with Crippen molar-refractivity contribution in [3.8, 4) is 5.75 Å². The molecule has 0 aliphatic carbocycles. The summed E-state index contributed by atoms with van der Waals surface area (Å²) in [6, 6.07) is 12.7. The Bertz CT molecular complexity index is 771. The SMILES string of the molecule is Cc1cc2c(cc1C)OC(C(=O)NC(Cc1ccccc1)C(N)=O)C2. The Morgan fingerprint density at radius 1 is 1.20 bits per heavy atom. The number of rotatable bonds is 5. The average Bonchev–Trinajstić information content (AvgIpc) is 2.98. The van der Waals surface area contributed by atoms with Crippen LogP contribution in [0.25, 0.3) is 0 Å². The van der Waals surface area contributed by atoms with Crippen LogP contribution in [0, 0.1) is 13.8 Å². The number of fused-ring (bicyclic) bond motifs is 1. The Morgan fingerprint density at radius 3 is 2.56 bits per heavy atom. The second-order valence-corrected chi connectivity index (χ2v) is 6.51. The molecule has 0 fully saturated rings. The number of ether oxygens (including phenoxy) is 1. The fourth-order valence-electron chi connectivity index (χ4n) is 3.00. The Morgan fingerprint density at radius 2 is 1.88 bits per heavy atom. The van der Waals surface area contributed by atoms with Crippen LogP contribution in [0.5, 0.6) is 5.75 Å². The molecule has 0 saturated heterocycles. The Balaban J connectivity index is 1.67. The molecular formula is C20H22N2O3. The normalized spacial score (nSPS) is 16.6. The maximum Gasteiger partial charge on any atom is 0.262 e. The highest BCUT2D eigenvalue weighted by molar-refractivity contribution is 5.89. The zero-order chi connectivity index (χ0) is 18.0. The van der Waals surface area contributed by atoms with Crippen molar-refractivity contribution in [1.82, 2.24) is 5.32 Å². The first kappa shape index (κ1) is 17.0. The summed E-state index contributed by atoms with van der Waals surface area (Å²) in [6.07, 6.45) is 0.229. The van der Waals surface area contributed by atoms with Gasteiger partial charge >= 0.3 is 0 Å². The number of primary amides is 1. The van der Waals surface area contributed by atoms with Gasteiger partial charge in [0.15, 0.2) is 6.10 Å². The van der Waals surface area contributed by atoms with Gasteiger partial charge in [-0.15, -0.1) is 0 Å². The number of carbonyl (C=O) groups excluding carboxylic acids is 2. The molecule has 0 radical (unpaired) electrons. The third kappa shape index (κ3) is 3.82. The maximum absolute atomic E-state index is 12.5. The van der Waals surface area contributed by atoms with Crippen molar-refractivity contribution < 1.29 is 14.3 Å². The molecule has 3 rings (SSSR count). The number of hydrogen-bond acceptors (Lipinski definition) is 3. The molecule has 1 aliphatic rings. The smallest absolute Gasteiger partial charge is 0.262 e. The lowest BCUT2D eigenvalue weighted by atomic mass is 10.0. The monoisotopic (exact) mass is 338 g/mol. The third-order valence-corrected chi connectivity index (χ3v) is 4.59. The standard InChI is InChI=1S/C20H22N2O3/c1-12-8-15-11-18(25-17(15)9-13(12)2)20(24)22-16(19(21)23)10-14-6-4-3-5-7-14/h3-9,16,18H,10-11H2,1-2H3,(H2,21,23)(H,22,24). The maximum atomic E-state index is 12.5. The summed E-state index contributed by atoms with van der Waals surface area (Å²) in [7, 11) is 0. The zero-order valence-corrected chi connectivity index (χ0v) is 14.4. The lowest BCUT2D eigenvalue weighted by Gasteiger charge is -2.18. The van der Waals surface area contributed by atoms with Crippen molar-refractivity contribution in [2.75, 3.05) is 0 Å². The minimum Gasteiger partial charge on any atom is -0.480 e. The lowest BCUT2D eigenvalue weighted by molar-refractivity contribution is -0.131. The quantitative estimate of drug-likeness (QED) is 0.872. The Hall–Kier alpha value is -2.82. The van der Waals surface area contributed by atoms with E-state index in [9.17, 15) is 9.59 Å². The van der Waals surface area contributed by atoms with Crippen molar-refractivity contribution in [1.29, 1.82) is 0 Å². The largest absolute Gasteiger partial charge is 0.480 e. The molecule has 25 heavy (non-hydrogen) atoms. The van der Waals surface area contributed by atoms with E-state index in [0.29, 0.717) is 12.8 Å². The van der Waals surface area contributed by atoms with E-state index < -0.39 is 18.1 Å². The number of benzene rings is 2. The predicted octanol–water partition coefficient (Wildman–Crippen LogP) is 1.82. The molecule has 5 heteroatoms. The highest BCUT2D eigenvalue weighted by Crippen LogP contribution is 2.31. The second-order valence-electron chi connectivity index (χ2n) is 6.51. The molecule has 1 aliphatic heterocycles. The van der Waals surface area contributed by atoms with Gasteiger partial charge in [-0.25, -0.2) is 0 Å². The number of amides is 2. The minimum atomic E-state index is -0.759. The molecule has 2 unspecified atom stereocenters. The third-order valence-electron chi connectivity index (χ3n) is 4.59. The fraction of sp³-hybridized carbons (Fsp3) is 0.300.